The SMILES string of the molecule is CC1(C)Sc2ccncc2NC1=O. The van der Waals surface area contributed by atoms with Crippen LogP contribution in [0.25, 0.3) is 0 Å². The van der Waals surface area contributed by atoms with Crippen LogP contribution in [0.2, 0.25) is 0 Å². The van der Waals surface area contributed by atoms with Crippen molar-refractivity contribution in [2.45, 2.75) is 23.5 Å². The molecule has 1 aliphatic rings. The first-order chi connectivity index (χ1) is 6.09. The summed E-state index contributed by atoms with van der Waals surface area (Å²) in [6.07, 6.45) is 3.41. The Bertz CT molecular complexity index is 362. The van der Waals surface area contributed by atoms with Gasteiger partial charge in [-0.3, -0.25) is 9.78 Å². The first-order valence-corrected chi connectivity index (χ1v) is 4.86. The molecular weight excluding hydrogens is 184 g/mol. The van der Waals surface area contributed by atoms with E-state index in [9.17, 15) is 4.79 Å². The fourth-order valence-electron chi connectivity index (χ4n) is 1.16. The number of carbonyl (C=O) groups is 1. The maximum atomic E-state index is 11.5. The Hall–Kier alpha value is -1.03. The van der Waals surface area contributed by atoms with Gasteiger partial charge in [0.05, 0.1) is 16.6 Å². The predicted molar refractivity (Wildman–Crippen MR) is 52.8 cm³/mol. The minimum Gasteiger partial charge on any atom is -0.323 e. The molecule has 0 atom stereocenters. The Labute approximate surface area is 80.9 Å². The zero-order valence-corrected chi connectivity index (χ0v) is 8.31. The third kappa shape index (κ3) is 1.42. The van der Waals surface area contributed by atoms with E-state index in [2.05, 4.69) is 10.3 Å². The molecule has 13 heavy (non-hydrogen) atoms. The van der Waals surface area contributed by atoms with E-state index in [1.54, 1.807) is 24.2 Å². The van der Waals surface area contributed by atoms with Crippen LogP contribution in [0.1, 0.15) is 13.8 Å². The van der Waals surface area contributed by atoms with Crippen LogP contribution in [0, 0.1) is 0 Å². The first-order valence-electron chi connectivity index (χ1n) is 4.04. The number of nitrogens with zero attached hydrogens (tertiary/aromatic N) is 1. The number of amides is 1. The van der Waals surface area contributed by atoms with Crippen molar-refractivity contribution in [2.24, 2.45) is 0 Å². The molecule has 3 nitrogen and oxygen atoms in total. The molecule has 0 saturated carbocycles. The van der Waals surface area contributed by atoms with Crippen LogP contribution in [0.5, 0.6) is 0 Å². The van der Waals surface area contributed by atoms with Gasteiger partial charge in [0.15, 0.2) is 0 Å². The van der Waals surface area contributed by atoms with E-state index in [4.69, 9.17) is 0 Å². The highest BCUT2D eigenvalue weighted by atomic mass is 32.2. The lowest BCUT2D eigenvalue weighted by Crippen LogP contribution is -2.37. The summed E-state index contributed by atoms with van der Waals surface area (Å²) in [6, 6.07) is 1.92. The van der Waals surface area contributed by atoms with Gasteiger partial charge in [-0.25, -0.2) is 0 Å². The Balaban J connectivity index is 2.44. The molecule has 4 heteroatoms. The van der Waals surface area contributed by atoms with Crippen LogP contribution in [-0.2, 0) is 4.79 Å². The summed E-state index contributed by atoms with van der Waals surface area (Å²) in [4.78, 5) is 16.6. The monoisotopic (exact) mass is 194 g/mol. The largest absolute Gasteiger partial charge is 0.323 e. The van der Waals surface area contributed by atoms with Crippen molar-refractivity contribution < 1.29 is 4.79 Å². The van der Waals surface area contributed by atoms with Crippen LogP contribution in [-0.4, -0.2) is 15.6 Å². The molecule has 68 valence electrons. The standard InChI is InChI=1S/C9H10N2OS/c1-9(2)8(12)11-6-5-10-4-3-7(6)13-9/h3-5H,1-2H3,(H,11,12). The fourth-order valence-corrected chi connectivity index (χ4v) is 2.19. The maximum absolute atomic E-state index is 11.5. The van der Waals surface area contributed by atoms with Crippen LogP contribution in [0.3, 0.4) is 0 Å². The lowest BCUT2D eigenvalue weighted by molar-refractivity contribution is -0.117. The Morgan fingerprint density at radius 3 is 3.08 bits per heavy atom. The van der Waals surface area contributed by atoms with Crippen LogP contribution >= 0.6 is 11.8 Å². The van der Waals surface area contributed by atoms with Gasteiger partial charge in [-0.15, -0.1) is 11.8 Å². The number of hydrogen-bond acceptors (Lipinski definition) is 3. The molecule has 1 N–H and O–H groups in total. The zero-order chi connectivity index (χ0) is 9.47. The van der Waals surface area contributed by atoms with Crippen molar-refractivity contribution in [2.75, 3.05) is 5.32 Å². The smallest absolute Gasteiger partial charge is 0.240 e. The summed E-state index contributed by atoms with van der Waals surface area (Å²) in [6.45, 7) is 3.83. The summed E-state index contributed by atoms with van der Waals surface area (Å²) < 4.78 is -0.381. The highest BCUT2D eigenvalue weighted by Crippen LogP contribution is 2.41. The van der Waals surface area contributed by atoms with E-state index < -0.39 is 0 Å². The molecule has 0 bridgehead atoms. The van der Waals surface area contributed by atoms with Crippen molar-refractivity contribution >= 4 is 23.4 Å². The van der Waals surface area contributed by atoms with E-state index >= 15 is 0 Å². The van der Waals surface area contributed by atoms with E-state index in [1.165, 1.54) is 0 Å². The van der Waals surface area contributed by atoms with Crippen molar-refractivity contribution in [1.82, 2.24) is 4.98 Å². The third-order valence-electron chi connectivity index (χ3n) is 1.94. The average Bonchev–Trinajstić information content (AvgIpc) is 2.06. The number of thioether (sulfide) groups is 1. The maximum Gasteiger partial charge on any atom is 0.240 e. The molecule has 1 aliphatic heterocycles. The lowest BCUT2D eigenvalue weighted by Gasteiger charge is -2.29. The van der Waals surface area contributed by atoms with E-state index in [0.29, 0.717) is 0 Å². The summed E-state index contributed by atoms with van der Waals surface area (Å²) >= 11 is 1.57. The van der Waals surface area contributed by atoms with Gasteiger partial charge in [-0.2, -0.15) is 0 Å². The highest BCUT2D eigenvalue weighted by Gasteiger charge is 2.34. The van der Waals surface area contributed by atoms with Crippen molar-refractivity contribution in [3.8, 4) is 0 Å². The minimum atomic E-state index is -0.381. The number of hydrogen-bond donors (Lipinski definition) is 1. The molecule has 0 unspecified atom stereocenters. The Morgan fingerprint density at radius 2 is 2.31 bits per heavy atom. The van der Waals surface area contributed by atoms with Crippen molar-refractivity contribution in [3.63, 3.8) is 0 Å². The molecule has 0 aliphatic carbocycles. The highest BCUT2D eigenvalue weighted by molar-refractivity contribution is 8.01. The lowest BCUT2D eigenvalue weighted by atomic mass is 10.2. The molecule has 2 heterocycles. The molecule has 1 amide bonds. The Morgan fingerprint density at radius 1 is 1.54 bits per heavy atom. The van der Waals surface area contributed by atoms with Gasteiger partial charge in [0.1, 0.15) is 0 Å². The van der Waals surface area contributed by atoms with Gasteiger partial charge in [0.2, 0.25) is 5.91 Å². The predicted octanol–water partition coefficient (Wildman–Crippen LogP) is 1.90. The number of aromatic nitrogens is 1. The summed E-state index contributed by atoms with van der Waals surface area (Å²) in [5, 5.41) is 2.83. The molecule has 1 aromatic rings. The topological polar surface area (TPSA) is 42.0 Å². The van der Waals surface area contributed by atoms with Crippen LogP contribution < -0.4 is 5.32 Å². The van der Waals surface area contributed by atoms with Gasteiger partial charge >= 0.3 is 0 Å². The molecule has 0 spiro atoms. The third-order valence-corrected chi connectivity index (χ3v) is 3.21. The number of fused-ring (bicyclic) bond motifs is 1. The zero-order valence-electron chi connectivity index (χ0n) is 7.50. The van der Waals surface area contributed by atoms with E-state index in [1.807, 2.05) is 19.9 Å². The van der Waals surface area contributed by atoms with E-state index in [-0.39, 0.29) is 10.7 Å². The number of nitrogens with one attached hydrogen (secondary N) is 1. The van der Waals surface area contributed by atoms with Gasteiger partial charge < -0.3 is 5.32 Å². The van der Waals surface area contributed by atoms with Gasteiger partial charge in [0.25, 0.3) is 0 Å². The summed E-state index contributed by atoms with van der Waals surface area (Å²) in [5.41, 5.74) is 0.817. The number of rotatable bonds is 0. The molecule has 2 rings (SSSR count). The summed E-state index contributed by atoms with van der Waals surface area (Å²) in [5.74, 6) is 0.0398. The number of anilines is 1. The average molecular weight is 194 g/mol. The van der Waals surface area contributed by atoms with Crippen molar-refractivity contribution in [1.29, 1.82) is 0 Å². The first kappa shape index (κ1) is 8.56. The second-order valence-electron chi connectivity index (χ2n) is 3.44. The second-order valence-corrected chi connectivity index (χ2v) is 5.10. The van der Waals surface area contributed by atoms with Gasteiger partial charge in [-0.05, 0) is 19.9 Å². The van der Waals surface area contributed by atoms with Gasteiger partial charge in [0, 0.05) is 11.1 Å². The fraction of sp³-hybridized carbons (Fsp3) is 0.333. The summed E-state index contributed by atoms with van der Waals surface area (Å²) in [7, 11) is 0. The quantitative estimate of drug-likeness (QED) is 0.686. The Kier molecular flexibility index (Phi) is 1.80. The van der Waals surface area contributed by atoms with Crippen molar-refractivity contribution in [3.05, 3.63) is 18.5 Å². The molecule has 1 aromatic heterocycles. The van der Waals surface area contributed by atoms with Gasteiger partial charge in [-0.1, -0.05) is 0 Å². The molecular formula is C9H10N2OS. The number of pyridine rings is 1. The minimum absolute atomic E-state index is 0.0398. The normalized spacial score (nSPS) is 19.1. The van der Waals surface area contributed by atoms with E-state index in [0.717, 1.165) is 10.6 Å². The second kappa shape index (κ2) is 2.73. The molecule has 0 radical (unpaired) electrons. The molecule has 0 saturated heterocycles. The van der Waals surface area contributed by atoms with Crippen LogP contribution in [0.4, 0.5) is 5.69 Å². The molecule has 0 aromatic carbocycles. The number of carbonyl (C=O) groups excluding carboxylic acids is 1. The van der Waals surface area contributed by atoms with Crippen LogP contribution in [0.15, 0.2) is 23.4 Å². The molecule has 0 fully saturated rings.